The van der Waals surface area contributed by atoms with Crippen LogP contribution >= 0.6 is 0 Å². The normalized spacial score (nSPS) is 19.9. The second kappa shape index (κ2) is 8.63. The van der Waals surface area contributed by atoms with Crippen molar-refractivity contribution in [2.45, 2.75) is 57.4 Å². The van der Waals surface area contributed by atoms with Gasteiger partial charge in [-0.05, 0) is 42.4 Å². The van der Waals surface area contributed by atoms with Crippen LogP contribution in [-0.2, 0) is 11.2 Å². The zero-order valence-corrected chi connectivity index (χ0v) is 18.1. The van der Waals surface area contributed by atoms with Crippen LogP contribution in [0.15, 0.2) is 54.6 Å². The van der Waals surface area contributed by atoms with Crippen LogP contribution in [0.2, 0.25) is 0 Å². The first kappa shape index (κ1) is 20.6. The Labute approximate surface area is 179 Å². The molecule has 1 fully saturated rings. The smallest absolute Gasteiger partial charge is 0.254 e. The monoisotopic (exact) mass is 404 g/mol. The molecule has 1 atom stereocenters. The zero-order chi connectivity index (χ0) is 21.1. The van der Waals surface area contributed by atoms with Gasteiger partial charge in [0.05, 0.1) is 11.5 Å². The molecular weight excluding hydrogens is 372 g/mol. The fourth-order valence-electron chi connectivity index (χ4n) is 5.37. The molecule has 0 bridgehead atoms. The van der Waals surface area contributed by atoms with Crippen molar-refractivity contribution in [2.75, 3.05) is 13.1 Å². The van der Waals surface area contributed by atoms with E-state index in [-0.39, 0.29) is 17.7 Å². The van der Waals surface area contributed by atoms with Gasteiger partial charge in [0.15, 0.2) is 0 Å². The molecule has 2 amide bonds. The molecule has 1 aliphatic heterocycles. The van der Waals surface area contributed by atoms with E-state index in [1.807, 2.05) is 42.5 Å². The molecule has 1 spiro atoms. The van der Waals surface area contributed by atoms with E-state index in [0.717, 1.165) is 37.7 Å². The first-order chi connectivity index (χ1) is 14.5. The van der Waals surface area contributed by atoms with E-state index in [9.17, 15) is 9.59 Å². The summed E-state index contributed by atoms with van der Waals surface area (Å²) < 4.78 is 0. The minimum Gasteiger partial charge on any atom is -0.355 e. The molecule has 158 valence electrons. The summed E-state index contributed by atoms with van der Waals surface area (Å²) in [7, 11) is 0. The second-order valence-corrected chi connectivity index (χ2v) is 9.17. The molecule has 0 saturated heterocycles. The van der Waals surface area contributed by atoms with Crippen molar-refractivity contribution in [3.63, 3.8) is 0 Å². The predicted molar refractivity (Wildman–Crippen MR) is 119 cm³/mol. The molecule has 4 rings (SSSR count). The third-order valence-electron chi connectivity index (χ3n) is 6.66. The van der Waals surface area contributed by atoms with Crippen molar-refractivity contribution in [3.05, 3.63) is 71.3 Å². The number of fused-ring (bicyclic) bond motifs is 1. The van der Waals surface area contributed by atoms with Gasteiger partial charge in [0.1, 0.15) is 0 Å². The van der Waals surface area contributed by atoms with E-state index in [1.54, 1.807) is 0 Å². The van der Waals surface area contributed by atoms with Crippen LogP contribution in [0.4, 0.5) is 0 Å². The molecule has 0 unspecified atom stereocenters. The summed E-state index contributed by atoms with van der Waals surface area (Å²) in [6.07, 6.45) is 4.74. The lowest BCUT2D eigenvalue weighted by atomic mass is 9.70. The maximum Gasteiger partial charge on any atom is 0.254 e. The third-order valence-corrected chi connectivity index (χ3v) is 6.66. The fourth-order valence-corrected chi connectivity index (χ4v) is 5.37. The van der Waals surface area contributed by atoms with Gasteiger partial charge < -0.3 is 10.2 Å². The fraction of sp³-hybridized carbons (Fsp3) is 0.462. The number of carbonyl (C=O) groups is 2. The minimum atomic E-state index is -0.396. The van der Waals surface area contributed by atoms with Gasteiger partial charge >= 0.3 is 0 Å². The summed E-state index contributed by atoms with van der Waals surface area (Å²) in [6.45, 7) is 5.59. The predicted octanol–water partition coefficient (Wildman–Crippen LogP) is 4.55. The van der Waals surface area contributed by atoms with Crippen molar-refractivity contribution in [1.82, 2.24) is 10.2 Å². The molecule has 0 aromatic heterocycles. The van der Waals surface area contributed by atoms with Gasteiger partial charge in [0.2, 0.25) is 5.91 Å². The lowest BCUT2D eigenvalue weighted by Crippen LogP contribution is -2.61. The van der Waals surface area contributed by atoms with Crippen LogP contribution in [0.3, 0.4) is 0 Å². The average Bonchev–Trinajstić information content (AvgIpc) is 3.22. The standard InChI is InChI=1S/C26H32N2O2/c1-19(2)18-28-25(30)22-13-7-6-12-21(22)23(26(28)15-8-9-16-26)24(29)27-17-14-20-10-4-3-5-11-20/h3-7,10-13,19,23H,8-9,14-18H2,1-2H3,(H,27,29)/t23-/m0/s1. The van der Waals surface area contributed by atoms with Crippen molar-refractivity contribution in [2.24, 2.45) is 5.92 Å². The molecule has 30 heavy (non-hydrogen) atoms. The highest BCUT2D eigenvalue weighted by Gasteiger charge is 2.55. The summed E-state index contributed by atoms with van der Waals surface area (Å²) in [5.74, 6) is 0.206. The van der Waals surface area contributed by atoms with Crippen molar-refractivity contribution in [3.8, 4) is 0 Å². The quantitative estimate of drug-likeness (QED) is 0.768. The highest BCUT2D eigenvalue weighted by molar-refractivity contribution is 6.02. The number of benzene rings is 2. The van der Waals surface area contributed by atoms with Gasteiger partial charge in [0, 0.05) is 18.7 Å². The molecule has 2 aromatic rings. The second-order valence-electron chi connectivity index (χ2n) is 9.17. The molecule has 1 N–H and O–H groups in total. The number of nitrogens with zero attached hydrogens (tertiary/aromatic N) is 1. The van der Waals surface area contributed by atoms with Crippen molar-refractivity contribution in [1.29, 1.82) is 0 Å². The lowest BCUT2D eigenvalue weighted by molar-refractivity contribution is -0.126. The Bertz CT molecular complexity index is 900. The highest BCUT2D eigenvalue weighted by Crippen LogP contribution is 2.50. The molecule has 1 aliphatic carbocycles. The van der Waals surface area contributed by atoms with Crippen LogP contribution in [-0.4, -0.2) is 35.3 Å². The minimum absolute atomic E-state index is 0.0570. The first-order valence-corrected chi connectivity index (χ1v) is 11.3. The summed E-state index contributed by atoms with van der Waals surface area (Å²) in [5.41, 5.74) is 2.42. The molecule has 2 aliphatic rings. The molecule has 1 heterocycles. The molecular formula is C26H32N2O2. The number of carbonyl (C=O) groups excluding carboxylic acids is 2. The van der Waals surface area contributed by atoms with E-state index < -0.39 is 5.54 Å². The third kappa shape index (κ3) is 3.76. The largest absolute Gasteiger partial charge is 0.355 e. The van der Waals surface area contributed by atoms with Gasteiger partial charge in [-0.1, -0.05) is 75.2 Å². The number of amides is 2. The summed E-state index contributed by atoms with van der Waals surface area (Å²) >= 11 is 0. The van der Waals surface area contributed by atoms with E-state index in [2.05, 4.69) is 36.2 Å². The Kier molecular flexibility index (Phi) is 5.94. The maximum absolute atomic E-state index is 13.6. The van der Waals surface area contributed by atoms with Gasteiger partial charge in [-0.25, -0.2) is 0 Å². The van der Waals surface area contributed by atoms with Crippen LogP contribution in [0, 0.1) is 5.92 Å². The molecule has 4 nitrogen and oxygen atoms in total. The number of hydrogen-bond donors (Lipinski definition) is 1. The number of rotatable bonds is 6. The molecule has 1 saturated carbocycles. The Morgan fingerprint density at radius 3 is 2.43 bits per heavy atom. The van der Waals surface area contributed by atoms with Crippen molar-refractivity contribution < 1.29 is 9.59 Å². The molecule has 4 heteroatoms. The van der Waals surface area contributed by atoms with Crippen molar-refractivity contribution >= 4 is 11.8 Å². The maximum atomic E-state index is 13.6. The summed E-state index contributed by atoms with van der Waals surface area (Å²) in [6, 6.07) is 18.0. The lowest BCUT2D eigenvalue weighted by Gasteiger charge is -2.50. The molecule has 2 aromatic carbocycles. The topological polar surface area (TPSA) is 49.4 Å². The van der Waals surface area contributed by atoms with Crippen LogP contribution in [0.1, 0.15) is 66.9 Å². The zero-order valence-electron chi connectivity index (χ0n) is 18.1. The Balaban J connectivity index is 1.65. The highest BCUT2D eigenvalue weighted by atomic mass is 16.2. The average molecular weight is 405 g/mol. The number of nitrogens with one attached hydrogen (secondary N) is 1. The van der Waals surface area contributed by atoms with Gasteiger partial charge in [-0.3, -0.25) is 9.59 Å². The van der Waals surface area contributed by atoms with Crippen LogP contribution < -0.4 is 5.32 Å². The molecule has 0 radical (unpaired) electrons. The first-order valence-electron chi connectivity index (χ1n) is 11.3. The van der Waals surface area contributed by atoms with Crippen LogP contribution in [0.25, 0.3) is 0 Å². The van der Waals surface area contributed by atoms with Crippen LogP contribution in [0.5, 0.6) is 0 Å². The van der Waals surface area contributed by atoms with E-state index in [1.165, 1.54) is 5.56 Å². The Morgan fingerprint density at radius 2 is 1.73 bits per heavy atom. The van der Waals surface area contributed by atoms with E-state index >= 15 is 0 Å². The van der Waals surface area contributed by atoms with E-state index in [4.69, 9.17) is 0 Å². The van der Waals surface area contributed by atoms with E-state index in [0.29, 0.717) is 24.6 Å². The summed E-state index contributed by atoms with van der Waals surface area (Å²) in [5, 5.41) is 3.20. The number of hydrogen-bond acceptors (Lipinski definition) is 2. The Hall–Kier alpha value is -2.62. The SMILES string of the molecule is CC(C)CN1C(=O)c2ccccc2[C@@H](C(=O)NCCc2ccccc2)C12CCCC2. The van der Waals surface area contributed by atoms with Gasteiger partial charge in [-0.2, -0.15) is 0 Å². The van der Waals surface area contributed by atoms with Gasteiger partial charge in [-0.15, -0.1) is 0 Å². The van der Waals surface area contributed by atoms with Gasteiger partial charge in [0.25, 0.3) is 5.91 Å². The summed E-state index contributed by atoms with van der Waals surface area (Å²) in [4.78, 5) is 29.1. The Morgan fingerprint density at radius 1 is 1.07 bits per heavy atom.